The van der Waals surface area contributed by atoms with Crippen molar-refractivity contribution in [2.45, 2.75) is 19.6 Å². The maximum Gasteiger partial charge on any atom is 0.251 e. The molecule has 0 spiro atoms. The van der Waals surface area contributed by atoms with Crippen LogP contribution in [-0.4, -0.2) is 44.3 Å². The van der Waals surface area contributed by atoms with E-state index in [1.165, 1.54) is 11.6 Å². The first-order chi connectivity index (χ1) is 10.1. The Bertz CT molecular complexity index is 678. The number of aromatic amines is 1. The number of hydrogen-bond donors (Lipinski definition) is 1. The predicted octanol–water partition coefficient (Wildman–Crippen LogP) is 0.385. The van der Waals surface area contributed by atoms with Gasteiger partial charge in [-0.05, 0) is 6.92 Å². The fourth-order valence-corrected chi connectivity index (χ4v) is 2.60. The molecule has 7 nitrogen and oxygen atoms in total. The van der Waals surface area contributed by atoms with Crippen LogP contribution in [0.2, 0.25) is 0 Å². The summed E-state index contributed by atoms with van der Waals surface area (Å²) < 4.78 is 7.57. The van der Waals surface area contributed by atoms with Crippen molar-refractivity contribution in [1.82, 2.24) is 24.6 Å². The summed E-state index contributed by atoms with van der Waals surface area (Å²) in [5.74, 6) is 0.616. The normalized spacial score (nSPS) is 19.8. The highest BCUT2D eigenvalue weighted by Gasteiger charge is 2.23. The zero-order valence-electron chi connectivity index (χ0n) is 12.2. The summed E-state index contributed by atoms with van der Waals surface area (Å²) in [5.41, 5.74) is 1.74. The summed E-state index contributed by atoms with van der Waals surface area (Å²) >= 11 is 0. The van der Waals surface area contributed by atoms with Crippen molar-refractivity contribution in [2.75, 3.05) is 19.7 Å². The lowest BCUT2D eigenvalue weighted by atomic mass is 10.2. The Hall–Kier alpha value is -1.99. The SMILES string of the molecule is Cc1nc(C2CN(Cc3cnn(C)c3)CCO2)cc(=O)[nH]1. The molecule has 1 saturated heterocycles. The molecule has 1 aliphatic heterocycles. The quantitative estimate of drug-likeness (QED) is 0.884. The van der Waals surface area contributed by atoms with Gasteiger partial charge in [-0.3, -0.25) is 14.4 Å². The molecule has 1 fully saturated rings. The van der Waals surface area contributed by atoms with Crippen molar-refractivity contribution in [3.8, 4) is 0 Å². The van der Waals surface area contributed by atoms with Crippen molar-refractivity contribution in [1.29, 1.82) is 0 Å². The smallest absolute Gasteiger partial charge is 0.251 e. The summed E-state index contributed by atoms with van der Waals surface area (Å²) in [4.78, 5) is 20.9. The number of hydrogen-bond acceptors (Lipinski definition) is 5. The van der Waals surface area contributed by atoms with Crippen molar-refractivity contribution in [2.24, 2.45) is 7.05 Å². The highest BCUT2D eigenvalue weighted by atomic mass is 16.5. The number of ether oxygens (including phenoxy) is 1. The highest BCUT2D eigenvalue weighted by molar-refractivity contribution is 5.08. The van der Waals surface area contributed by atoms with Crippen molar-refractivity contribution < 1.29 is 4.74 Å². The molecule has 112 valence electrons. The maximum absolute atomic E-state index is 11.6. The molecule has 3 rings (SSSR count). The summed E-state index contributed by atoms with van der Waals surface area (Å²) in [6.45, 7) is 4.84. The molecule has 7 heteroatoms. The molecule has 0 bridgehead atoms. The molecule has 0 amide bonds. The van der Waals surface area contributed by atoms with Gasteiger partial charge in [-0.15, -0.1) is 0 Å². The van der Waals surface area contributed by atoms with Crippen LogP contribution in [0, 0.1) is 6.92 Å². The topological polar surface area (TPSA) is 76.0 Å². The van der Waals surface area contributed by atoms with E-state index in [1.54, 1.807) is 11.6 Å². The number of rotatable bonds is 3. The van der Waals surface area contributed by atoms with Crippen LogP contribution in [0.25, 0.3) is 0 Å². The van der Waals surface area contributed by atoms with Crippen molar-refractivity contribution in [3.63, 3.8) is 0 Å². The minimum atomic E-state index is -0.156. The molecule has 2 aromatic rings. The van der Waals surface area contributed by atoms with Crippen LogP contribution in [0.5, 0.6) is 0 Å². The average molecular weight is 289 g/mol. The molecule has 0 radical (unpaired) electrons. The van der Waals surface area contributed by atoms with E-state index in [0.717, 1.165) is 19.6 Å². The van der Waals surface area contributed by atoms with E-state index in [0.29, 0.717) is 18.1 Å². The van der Waals surface area contributed by atoms with Gasteiger partial charge < -0.3 is 9.72 Å². The molecule has 1 N–H and O–H groups in total. The van der Waals surface area contributed by atoms with Gasteiger partial charge >= 0.3 is 0 Å². The van der Waals surface area contributed by atoms with E-state index in [2.05, 4.69) is 20.0 Å². The molecule has 1 aliphatic rings. The number of aryl methyl sites for hydroxylation is 2. The Morgan fingerprint density at radius 1 is 1.52 bits per heavy atom. The fraction of sp³-hybridized carbons (Fsp3) is 0.500. The molecule has 0 aliphatic carbocycles. The van der Waals surface area contributed by atoms with Crippen LogP contribution < -0.4 is 5.56 Å². The van der Waals surface area contributed by atoms with Gasteiger partial charge in [0.15, 0.2) is 0 Å². The minimum absolute atomic E-state index is 0.134. The van der Waals surface area contributed by atoms with Gasteiger partial charge in [0.25, 0.3) is 5.56 Å². The van der Waals surface area contributed by atoms with Crippen LogP contribution in [0.1, 0.15) is 23.2 Å². The Labute approximate surface area is 122 Å². The fourth-order valence-electron chi connectivity index (χ4n) is 2.60. The minimum Gasteiger partial charge on any atom is -0.369 e. The molecule has 2 aromatic heterocycles. The largest absolute Gasteiger partial charge is 0.369 e. The van der Waals surface area contributed by atoms with Gasteiger partial charge in [0.05, 0.1) is 18.5 Å². The third-order valence-corrected chi connectivity index (χ3v) is 3.52. The van der Waals surface area contributed by atoms with Gasteiger partial charge in [-0.1, -0.05) is 0 Å². The zero-order valence-corrected chi connectivity index (χ0v) is 12.2. The summed E-state index contributed by atoms with van der Waals surface area (Å²) in [6.07, 6.45) is 3.73. The summed E-state index contributed by atoms with van der Waals surface area (Å²) in [6, 6.07) is 1.52. The van der Waals surface area contributed by atoms with E-state index in [1.807, 2.05) is 19.4 Å². The number of nitrogens with one attached hydrogen (secondary N) is 1. The molecule has 3 heterocycles. The lowest BCUT2D eigenvalue weighted by Crippen LogP contribution is -2.38. The summed E-state index contributed by atoms with van der Waals surface area (Å²) in [5, 5.41) is 4.18. The zero-order chi connectivity index (χ0) is 14.8. The average Bonchev–Trinajstić information content (AvgIpc) is 2.83. The molecular formula is C14H19N5O2. The van der Waals surface area contributed by atoms with E-state index >= 15 is 0 Å². The van der Waals surface area contributed by atoms with E-state index < -0.39 is 0 Å². The highest BCUT2D eigenvalue weighted by Crippen LogP contribution is 2.20. The van der Waals surface area contributed by atoms with Crippen LogP contribution in [-0.2, 0) is 18.3 Å². The van der Waals surface area contributed by atoms with E-state index in [9.17, 15) is 4.79 Å². The van der Waals surface area contributed by atoms with Gasteiger partial charge in [0.2, 0.25) is 0 Å². The number of nitrogens with zero attached hydrogens (tertiary/aromatic N) is 4. The first kappa shape index (κ1) is 14.0. The van der Waals surface area contributed by atoms with Crippen LogP contribution in [0.3, 0.4) is 0 Å². The number of H-pyrrole nitrogens is 1. The first-order valence-electron chi connectivity index (χ1n) is 6.99. The third-order valence-electron chi connectivity index (χ3n) is 3.52. The van der Waals surface area contributed by atoms with Gasteiger partial charge in [0, 0.05) is 44.5 Å². The second kappa shape index (κ2) is 5.79. The van der Waals surface area contributed by atoms with Crippen molar-refractivity contribution >= 4 is 0 Å². The maximum atomic E-state index is 11.6. The third kappa shape index (κ3) is 3.37. The van der Waals surface area contributed by atoms with Gasteiger partial charge in [0.1, 0.15) is 11.9 Å². The van der Waals surface area contributed by atoms with E-state index in [4.69, 9.17) is 4.74 Å². The van der Waals surface area contributed by atoms with Crippen LogP contribution in [0.4, 0.5) is 0 Å². The Morgan fingerprint density at radius 3 is 3.10 bits per heavy atom. The monoisotopic (exact) mass is 289 g/mol. The molecular weight excluding hydrogens is 270 g/mol. The van der Waals surface area contributed by atoms with Crippen LogP contribution in [0.15, 0.2) is 23.3 Å². The second-order valence-corrected chi connectivity index (χ2v) is 5.37. The van der Waals surface area contributed by atoms with Gasteiger partial charge in [-0.2, -0.15) is 5.10 Å². The molecule has 1 atom stereocenters. The molecule has 21 heavy (non-hydrogen) atoms. The number of morpholine rings is 1. The summed E-state index contributed by atoms with van der Waals surface area (Å²) in [7, 11) is 1.91. The molecule has 0 saturated carbocycles. The lowest BCUT2D eigenvalue weighted by Gasteiger charge is -2.32. The van der Waals surface area contributed by atoms with Gasteiger partial charge in [-0.25, -0.2) is 4.98 Å². The molecule has 1 unspecified atom stereocenters. The Balaban J connectivity index is 1.71. The first-order valence-corrected chi connectivity index (χ1v) is 6.99. The number of aromatic nitrogens is 4. The predicted molar refractivity (Wildman–Crippen MR) is 76.8 cm³/mol. The standard InChI is InChI=1S/C14H19N5O2/c1-10-16-12(5-14(20)17-10)13-9-19(3-4-21-13)8-11-6-15-18(2)7-11/h5-7,13H,3-4,8-9H2,1-2H3,(H,16,17,20). The second-order valence-electron chi connectivity index (χ2n) is 5.37. The van der Waals surface area contributed by atoms with E-state index in [-0.39, 0.29) is 11.7 Å². The lowest BCUT2D eigenvalue weighted by molar-refractivity contribution is -0.0351. The molecule has 0 aromatic carbocycles. The Morgan fingerprint density at radius 2 is 2.38 bits per heavy atom. The van der Waals surface area contributed by atoms with Crippen LogP contribution >= 0.6 is 0 Å². The van der Waals surface area contributed by atoms with Crippen molar-refractivity contribution in [3.05, 3.63) is 45.9 Å². The Kier molecular flexibility index (Phi) is 3.85.